The van der Waals surface area contributed by atoms with Crippen LogP contribution in [0.2, 0.25) is 0 Å². The van der Waals surface area contributed by atoms with Gasteiger partial charge in [0.1, 0.15) is 11.5 Å². The Morgan fingerprint density at radius 2 is 1.50 bits per heavy atom. The minimum absolute atomic E-state index is 0.610. The Balaban J connectivity index is 3.16. The van der Waals surface area contributed by atoms with Gasteiger partial charge in [-0.1, -0.05) is 6.07 Å². The number of hydrogen-bond acceptors (Lipinski definition) is 11. The maximum Gasteiger partial charge on any atom is 0.320 e. The molecule has 0 unspecified atom stereocenters. The highest BCUT2D eigenvalue weighted by atomic mass is 17.1. The van der Waals surface area contributed by atoms with E-state index in [1.54, 1.807) is 0 Å². The lowest BCUT2D eigenvalue weighted by Crippen LogP contribution is -2.40. The van der Waals surface area contributed by atoms with Crippen LogP contribution < -0.4 is 14.9 Å². The van der Waals surface area contributed by atoms with Gasteiger partial charge in [-0.05, 0) is 21.0 Å². The van der Waals surface area contributed by atoms with Crippen LogP contribution in [0.25, 0.3) is 10.9 Å². The van der Waals surface area contributed by atoms with Gasteiger partial charge in [-0.2, -0.15) is 41.5 Å². The van der Waals surface area contributed by atoms with Gasteiger partial charge in [-0.25, -0.2) is 0 Å². The first-order valence-electron chi connectivity index (χ1n) is 5.83. The van der Waals surface area contributed by atoms with E-state index in [2.05, 4.69) is 4.98 Å². The molecule has 0 radical (unpaired) electrons. The van der Waals surface area contributed by atoms with Gasteiger partial charge in [0.25, 0.3) is 0 Å². The summed E-state index contributed by atoms with van der Waals surface area (Å²) in [6.07, 6.45) is 0. The number of hydrogen-bond donors (Lipinski definition) is 6. The molecule has 0 aliphatic carbocycles. The molecule has 6 N–H and O–H groups in total. The third kappa shape index (κ3) is 3.01. The van der Waals surface area contributed by atoms with Crippen LogP contribution in [0.1, 0.15) is 5.56 Å². The Morgan fingerprint density at radius 1 is 0.917 bits per heavy atom. The average Bonchev–Trinajstić information content (AvgIpc) is 2.41. The largest absolute Gasteiger partial charge is 0.559 e. The van der Waals surface area contributed by atoms with Crippen molar-refractivity contribution in [2.24, 2.45) is 0 Å². The van der Waals surface area contributed by atoms with Gasteiger partial charge < -0.3 is 15.6 Å². The molecule has 0 aliphatic rings. The maximum atomic E-state index is 11.6. The van der Waals surface area contributed by atoms with Crippen molar-refractivity contribution in [3.8, 4) is 6.07 Å². The summed E-state index contributed by atoms with van der Waals surface area (Å²) in [4.78, 5) is -6.47. The molecule has 0 atom stereocenters. The van der Waals surface area contributed by atoms with Crippen LogP contribution in [0.3, 0.4) is 0 Å². The van der Waals surface area contributed by atoms with Crippen LogP contribution in [0.5, 0.6) is 0 Å². The fourth-order valence-corrected chi connectivity index (χ4v) is 2.11. The van der Waals surface area contributed by atoms with E-state index in [4.69, 9.17) is 26.1 Å². The Bertz CT molecular complexity index is 843. The number of quaternary nitrogens is 3. The third-order valence-electron chi connectivity index (χ3n) is 2.94. The summed E-state index contributed by atoms with van der Waals surface area (Å²) in [5, 5.41) is 97.4. The molecular formula is C10H9N5O9. The molecule has 14 heteroatoms. The van der Waals surface area contributed by atoms with Crippen molar-refractivity contribution in [3.05, 3.63) is 39.4 Å². The quantitative estimate of drug-likeness (QED) is 0.338. The second kappa shape index (κ2) is 5.33. The molecule has 0 aliphatic heterocycles. The smallest absolute Gasteiger partial charge is 0.320 e. The van der Waals surface area contributed by atoms with Crippen molar-refractivity contribution in [1.29, 1.82) is 5.26 Å². The summed E-state index contributed by atoms with van der Waals surface area (Å²) < 4.78 is 0. The minimum atomic E-state index is -3.40. The first-order valence-corrected chi connectivity index (χ1v) is 5.83. The highest BCUT2D eigenvalue weighted by molar-refractivity contribution is 6.03. The zero-order valence-corrected chi connectivity index (χ0v) is 11.4. The minimum Gasteiger partial charge on any atom is -0.559 e. The topological polar surface area (TPSA) is 227 Å². The number of nitriles is 1. The summed E-state index contributed by atoms with van der Waals surface area (Å²) >= 11 is 0. The number of pyridine rings is 1. The zero-order valence-electron chi connectivity index (χ0n) is 11.4. The van der Waals surface area contributed by atoms with Crippen molar-refractivity contribution >= 4 is 28.1 Å². The fourth-order valence-electron chi connectivity index (χ4n) is 2.11. The Labute approximate surface area is 131 Å². The lowest BCUT2D eigenvalue weighted by Gasteiger charge is -2.30. The van der Waals surface area contributed by atoms with Crippen molar-refractivity contribution in [2.75, 3.05) is 0 Å². The lowest BCUT2D eigenvalue weighted by molar-refractivity contribution is -0.258. The number of aromatic nitrogens is 1. The van der Waals surface area contributed by atoms with Gasteiger partial charge >= 0.3 is 5.82 Å². The molecule has 1 aromatic carbocycles. The average molecular weight is 343 g/mol. The second-order valence-corrected chi connectivity index (χ2v) is 4.57. The van der Waals surface area contributed by atoms with Gasteiger partial charge in [0, 0.05) is 6.07 Å². The van der Waals surface area contributed by atoms with Crippen molar-refractivity contribution < 1.29 is 31.2 Å². The molecule has 14 nitrogen and oxygen atoms in total. The lowest BCUT2D eigenvalue weighted by atomic mass is 10.1. The van der Waals surface area contributed by atoms with Gasteiger partial charge in [-0.3, -0.25) is 0 Å². The molecule has 0 fully saturated rings. The standard InChI is InChI=1S/C10H9N5O9/c11-4-5-9(14(19,20)21)8-6(12-10(5)15(22,23)24)2-1-3-7(8)13(16,17)18/h1-3,16-17,19-20,22-23H. The molecule has 0 bridgehead atoms. The molecule has 1 aromatic heterocycles. The number of fused-ring (bicyclic) bond motifs is 1. The second-order valence-electron chi connectivity index (χ2n) is 4.57. The molecule has 2 rings (SSSR count). The van der Waals surface area contributed by atoms with Gasteiger partial charge in [-0.15, -0.1) is 0 Å². The fraction of sp³-hybridized carbons (Fsp3) is 0. The van der Waals surface area contributed by atoms with E-state index in [-0.39, 0.29) is 0 Å². The SMILES string of the molecule is N#Cc1c([N+]([O-])(O)O)nc2cccc([N+]([O-])(O)O)c2c1[N+]([O-])(O)O. The molecule has 0 spiro atoms. The Morgan fingerprint density at radius 3 is 1.92 bits per heavy atom. The molecule has 1 heterocycles. The summed E-state index contributed by atoms with van der Waals surface area (Å²) in [7, 11) is 0. The van der Waals surface area contributed by atoms with Crippen LogP contribution in [0.15, 0.2) is 18.2 Å². The number of rotatable bonds is 3. The molecule has 24 heavy (non-hydrogen) atoms. The maximum absolute atomic E-state index is 11.6. The van der Waals surface area contributed by atoms with Gasteiger partial charge in [0.2, 0.25) is 16.9 Å². The molecule has 0 saturated heterocycles. The highest BCUT2D eigenvalue weighted by Crippen LogP contribution is 2.42. The van der Waals surface area contributed by atoms with E-state index in [1.165, 1.54) is 0 Å². The van der Waals surface area contributed by atoms with Crippen LogP contribution in [0.4, 0.5) is 17.2 Å². The van der Waals surface area contributed by atoms with Crippen molar-refractivity contribution in [1.82, 2.24) is 19.9 Å². The van der Waals surface area contributed by atoms with Crippen molar-refractivity contribution in [3.63, 3.8) is 0 Å². The monoisotopic (exact) mass is 343 g/mol. The Hall–Kier alpha value is -2.36. The van der Waals surface area contributed by atoms with Crippen LogP contribution in [-0.2, 0) is 0 Å². The first-order chi connectivity index (χ1) is 10.8. The summed E-state index contributed by atoms with van der Waals surface area (Å²) in [5.41, 5.74) is -4.42. The van der Waals surface area contributed by atoms with E-state index < -0.39 is 48.6 Å². The van der Waals surface area contributed by atoms with Crippen molar-refractivity contribution in [2.45, 2.75) is 0 Å². The highest BCUT2D eigenvalue weighted by Gasteiger charge is 2.39. The molecule has 128 valence electrons. The van der Waals surface area contributed by atoms with Crippen LogP contribution >= 0.6 is 0 Å². The van der Waals surface area contributed by atoms with E-state index >= 15 is 0 Å². The number of nitrogens with zero attached hydrogens (tertiary/aromatic N) is 5. The number of benzene rings is 1. The first kappa shape index (κ1) is 18.0. The van der Waals surface area contributed by atoms with Gasteiger partial charge in [0.05, 0.1) is 5.52 Å². The van der Waals surface area contributed by atoms with E-state index in [1.807, 2.05) is 0 Å². The summed E-state index contributed by atoms with van der Waals surface area (Å²) in [5.74, 6) is -1.42. The predicted molar refractivity (Wildman–Crippen MR) is 72.7 cm³/mol. The molecule has 0 amide bonds. The molecule has 2 aromatic rings. The summed E-state index contributed by atoms with van der Waals surface area (Å²) in [6, 6.07) is 3.87. The van der Waals surface area contributed by atoms with Crippen LogP contribution in [0, 0.1) is 27.0 Å². The normalized spacial score (nSPS) is 13.2. The Kier molecular flexibility index (Phi) is 4.00. The molecular weight excluding hydrogens is 334 g/mol. The van der Waals surface area contributed by atoms with E-state index in [9.17, 15) is 26.0 Å². The predicted octanol–water partition coefficient (Wildman–Crippen LogP) is 0.857. The van der Waals surface area contributed by atoms with Gasteiger partial charge in [0.15, 0.2) is 0 Å². The van der Waals surface area contributed by atoms with E-state index in [0.29, 0.717) is 0 Å². The van der Waals surface area contributed by atoms with Crippen LogP contribution in [-0.4, -0.2) is 36.2 Å². The van der Waals surface area contributed by atoms with E-state index in [0.717, 1.165) is 24.3 Å². The third-order valence-corrected chi connectivity index (χ3v) is 2.94. The molecule has 0 saturated carbocycles. The summed E-state index contributed by atoms with van der Waals surface area (Å²) in [6.45, 7) is 0. The zero-order chi connectivity index (χ0) is 18.5.